The second-order valence-electron chi connectivity index (χ2n) is 6.31. The van der Waals surface area contributed by atoms with Gasteiger partial charge in [-0.3, -0.25) is 4.79 Å². The van der Waals surface area contributed by atoms with Crippen molar-refractivity contribution in [1.29, 1.82) is 0 Å². The summed E-state index contributed by atoms with van der Waals surface area (Å²) >= 11 is 11.9. The topological polar surface area (TPSA) is 75.7 Å². The molecule has 2 rings (SSSR count). The van der Waals surface area contributed by atoms with Gasteiger partial charge in [-0.25, -0.2) is 8.42 Å². The van der Waals surface area contributed by atoms with Crippen LogP contribution in [0.15, 0.2) is 42.5 Å². The summed E-state index contributed by atoms with van der Waals surface area (Å²) in [5.41, 5.74) is 1.43. The van der Waals surface area contributed by atoms with Crippen molar-refractivity contribution in [3.8, 4) is 5.75 Å². The maximum atomic E-state index is 12.5. The summed E-state index contributed by atoms with van der Waals surface area (Å²) in [5.74, 6) is 0.218. The minimum Gasteiger partial charge on any atom is -0.496 e. The molecule has 0 fully saturated rings. The van der Waals surface area contributed by atoms with Crippen LogP contribution in [0.4, 0.5) is 0 Å². The largest absolute Gasteiger partial charge is 0.496 e. The first-order valence-electron chi connectivity index (χ1n) is 8.43. The molecule has 0 aromatic heterocycles. The van der Waals surface area contributed by atoms with Crippen LogP contribution in [0.25, 0.3) is 0 Å². The minimum absolute atomic E-state index is 0.00613. The molecule has 0 bridgehead atoms. The molecule has 0 aliphatic heterocycles. The zero-order chi connectivity index (χ0) is 20.9. The van der Waals surface area contributed by atoms with Gasteiger partial charge >= 0.3 is 0 Å². The molecule has 1 unspecified atom stereocenters. The highest BCUT2D eigenvalue weighted by Crippen LogP contribution is 2.25. The number of carbonyl (C=O) groups excluding carboxylic acids is 1. The van der Waals surface area contributed by atoms with Gasteiger partial charge in [0.25, 0.3) is 0 Å². The Morgan fingerprint density at radius 2 is 1.86 bits per heavy atom. The van der Waals surface area contributed by atoms with E-state index in [4.69, 9.17) is 27.9 Å². The number of sulfonamides is 1. The third-order valence-electron chi connectivity index (χ3n) is 4.11. The molecule has 0 spiro atoms. The highest BCUT2D eigenvalue weighted by molar-refractivity contribution is 7.88. The Balaban J connectivity index is 2.11. The average molecular weight is 445 g/mol. The first-order chi connectivity index (χ1) is 13.1. The summed E-state index contributed by atoms with van der Waals surface area (Å²) in [6.45, 7) is 1.49. The van der Waals surface area contributed by atoms with Crippen LogP contribution in [0, 0.1) is 0 Å². The Hall–Kier alpha value is -1.80. The van der Waals surface area contributed by atoms with Crippen molar-refractivity contribution in [2.24, 2.45) is 0 Å². The van der Waals surface area contributed by atoms with Gasteiger partial charge in [0.15, 0.2) is 0 Å². The van der Waals surface area contributed by atoms with E-state index in [9.17, 15) is 13.2 Å². The predicted molar refractivity (Wildman–Crippen MR) is 111 cm³/mol. The fraction of sp³-hybridized carbons (Fsp3) is 0.316. The van der Waals surface area contributed by atoms with Gasteiger partial charge in [0.2, 0.25) is 15.9 Å². The number of ether oxygens (including phenoxy) is 1. The number of halogens is 2. The van der Waals surface area contributed by atoms with Gasteiger partial charge in [0.05, 0.1) is 36.0 Å². The van der Waals surface area contributed by atoms with E-state index in [1.165, 1.54) is 0 Å². The van der Waals surface area contributed by atoms with E-state index in [1.807, 2.05) is 18.2 Å². The van der Waals surface area contributed by atoms with Crippen molar-refractivity contribution < 1.29 is 17.9 Å². The van der Waals surface area contributed by atoms with E-state index in [2.05, 4.69) is 5.32 Å². The van der Waals surface area contributed by atoms with E-state index in [0.29, 0.717) is 21.4 Å². The van der Waals surface area contributed by atoms with Crippen LogP contribution in [-0.4, -0.2) is 38.5 Å². The lowest BCUT2D eigenvalue weighted by Crippen LogP contribution is -2.40. The normalized spacial score (nSPS) is 12.6. The molecule has 0 radical (unpaired) electrons. The standard InChI is InChI=1S/C19H22Cl2N2O4S/c1-13(15-6-4-5-7-18(15)27-2)22-19(24)12-23(28(3,25)26)11-14-8-9-16(20)17(21)10-14/h4-10,13H,11-12H2,1-3H3,(H,22,24). The first-order valence-corrected chi connectivity index (χ1v) is 11.0. The summed E-state index contributed by atoms with van der Waals surface area (Å²) in [5, 5.41) is 3.50. The van der Waals surface area contributed by atoms with Crippen LogP contribution in [0.2, 0.25) is 10.0 Å². The number of para-hydroxylation sites is 1. The molecule has 1 atom stereocenters. The number of amides is 1. The van der Waals surface area contributed by atoms with Gasteiger partial charge in [-0.2, -0.15) is 4.31 Å². The van der Waals surface area contributed by atoms with Gasteiger partial charge in [-0.1, -0.05) is 47.5 Å². The van der Waals surface area contributed by atoms with Gasteiger partial charge in [-0.05, 0) is 30.7 Å². The molecule has 1 N–H and O–H groups in total. The lowest BCUT2D eigenvalue weighted by atomic mass is 10.1. The highest BCUT2D eigenvalue weighted by atomic mass is 35.5. The molecular weight excluding hydrogens is 423 g/mol. The summed E-state index contributed by atoms with van der Waals surface area (Å²) in [4.78, 5) is 12.5. The van der Waals surface area contributed by atoms with E-state index < -0.39 is 15.9 Å². The number of methoxy groups -OCH3 is 1. The van der Waals surface area contributed by atoms with E-state index in [-0.39, 0.29) is 19.1 Å². The molecule has 0 aliphatic carbocycles. The molecule has 0 heterocycles. The van der Waals surface area contributed by atoms with Gasteiger partial charge < -0.3 is 10.1 Å². The third kappa shape index (κ3) is 6.10. The molecule has 2 aromatic rings. The second-order valence-corrected chi connectivity index (χ2v) is 9.11. The molecule has 2 aromatic carbocycles. The maximum Gasteiger partial charge on any atom is 0.235 e. The van der Waals surface area contributed by atoms with Crippen LogP contribution in [0.1, 0.15) is 24.1 Å². The Morgan fingerprint density at radius 1 is 1.18 bits per heavy atom. The summed E-state index contributed by atoms with van der Waals surface area (Å²) in [6.07, 6.45) is 1.06. The van der Waals surface area contributed by atoms with Crippen LogP contribution < -0.4 is 10.1 Å². The quantitative estimate of drug-likeness (QED) is 0.673. The Labute approximate surface area is 175 Å². The minimum atomic E-state index is -3.62. The lowest BCUT2D eigenvalue weighted by Gasteiger charge is -2.22. The van der Waals surface area contributed by atoms with Crippen molar-refractivity contribution in [3.05, 3.63) is 63.6 Å². The van der Waals surface area contributed by atoms with Gasteiger partial charge in [0, 0.05) is 12.1 Å². The average Bonchev–Trinajstić information content (AvgIpc) is 2.63. The zero-order valence-electron chi connectivity index (χ0n) is 15.8. The Kier molecular flexibility index (Phi) is 7.71. The predicted octanol–water partition coefficient (Wildman–Crippen LogP) is 3.64. The molecule has 28 heavy (non-hydrogen) atoms. The number of carbonyl (C=O) groups is 1. The van der Waals surface area contributed by atoms with Crippen molar-refractivity contribution >= 4 is 39.1 Å². The first kappa shape index (κ1) is 22.5. The van der Waals surface area contributed by atoms with Crippen LogP contribution in [0.5, 0.6) is 5.75 Å². The number of rotatable bonds is 8. The van der Waals surface area contributed by atoms with Crippen molar-refractivity contribution in [3.63, 3.8) is 0 Å². The van der Waals surface area contributed by atoms with Crippen molar-refractivity contribution in [2.75, 3.05) is 19.9 Å². The SMILES string of the molecule is COc1ccccc1C(C)NC(=O)CN(Cc1ccc(Cl)c(Cl)c1)S(C)(=O)=O. The molecule has 6 nitrogen and oxygen atoms in total. The van der Waals surface area contributed by atoms with E-state index in [1.54, 1.807) is 38.3 Å². The third-order valence-corrected chi connectivity index (χ3v) is 6.05. The smallest absolute Gasteiger partial charge is 0.235 e. The summed E-state index contributed by atoms with van der Waals surface area (Å²) < 4.78 is 30.7. The fourth-order valence-corrected chi connectivity index (χ4v) is 3.74. The molecule has 152 valence electrons. The zero-order valence-corrected chi connectivity index (χ0v) is 18.1. The monoisotopic (exact) mass is 444 g/mol. The van der Waals surface area contributed by atoms with Crippen LogP contribution >= 0.6 is 23.2 Å². The molecule has 0 aliphatic rings. The number of nitrogens with zero attached hydrogens (tertiary/aromatic N) is 1. The summed E-state index contributed by atoms with van der Waals surface area (Å²) in [7, 11) is -2.07. The fourth-order valence-electron chi connectivity index (χ4n) is 2.68. The van der Waals surface area contributed by atoms with E-state index in [0.717, 1.165) is 16.1 Å². The van der Waals surface area contributed by atoms with Crippen LogP contribution in [-0.2, 0) is 21.4 Å². The molecule has 0 saturated heterocycles. The number of benzene rings is 2. The van der Waals surface area contributed by atoms with Crippen LogP contribution in [0.3, 0.4) is 0 Å². The Morgan fingerprint density at radius 3 is 2.46 bits per heavy atom. The molecule has 0 saturated carbocycles. The van der Waals surface area contributed by atoms with Crippen molar-refractivity contribution in [2.45, 2.75) is 19.5 Å². The molecule has 1 amide bonds. The van der Waals surface area contributed by atoms with E-state index >= 15 is 0 Å². The van der Waals surface area contributed by atoms with Gasteiger partial charge in [0.1, 0.15) is 5.75 Å². The number of hydrogen-bond donors (Lipinski definition) is 1. The number of nitrogens with one attached hydrogen (secondary N) is 1. The second kappa shape index (κ2) is 9.60. The highest BCUT2D eigenvalue weighted by Gasteiger charge is 2.22. The maximum absolute atomic E-state index is 12.5. The van der Waals surface area contributed by atoms with Crippen molar-refractivity contribution in [1.82, 2.24) is 9.62 Å². The number of hydrogen-bond acceptors (Lipinski definition) is 4. The van der Waals surface area contributed by atoms with Gasteiger partial charge in [-0.15, -0.1) is 0 Å². The molecule has 9 heteroatoms. The lowest BCUT2D eigenvalue weighted by molar-refractivity contribution is -0.122. The molecular formula is C19H22Cl2N2O4S. The Bertz CT molecular complexity index is 951. The summed E-state index contributed by atoms with van der Waals surface area (Å²) in [6, 6.07) is 11.8.